The molecule has 35 heavy (non-hydrogen) atoms. The van der Waals surface area contributed by atoms with Crippen LogP contribution in [0, 0.1) is 5.92 Å². The summed E-state index contributed by atoms with van der Waals surface area (Å²) in [5, 5.41) is 5.17. The molecule has 1 fully saturated rings. The maximum Gasteiger partial charge on any atom is 0.246 e. The van der Waals surface area contributed by atoms with Gasteiger partial charge in [-0.05, 0) is 68.1 Å². The summed E-state index contributed by atoms with van der Waals surface area (Å²) >= 11 is 0. The molecular formula is C29H35N5O. The van der Waals surface area contributed by atoms with Crippen LogP contribution in [0.25, 0.3) is 22.4 Å². The van der Waals surface area contributed by atoms with Crippen molar-refractivity contribution in [2.24, 2.45) is 5.92 Å². The van der Waals surface area contributed by atoms with Gasteiger partial charge in [-0.15, -0.1) is 0 Å². The fourth-order valence-electron chi connectivity index (χ4n) is 5.02. The smallest absolute Gasteiger partial charge is 0.246 e. The first-order valence-electron chi connectivity index (χ1n) is 12.6. The second-order valence-corrected chi connectivity index (χ2v) is 10.4. The monoisotopic (exact) mass is 469 g/mol. The minimum absolute atomic E-state index is 0.0974. The molecule has 2 aromatic heterocycles. The molecule has 0 N–H and O–H groups in total. The van der Waals surface area contributed by atoms with Crippen LogP contribution in [0.15, 0.2) is 60.9 Å². The van der Waals surface area contributed by atoms with Crippen molar-refractivity contribution in [3.63, 3.8) is 0 Å². The average Bonchev–Trinajstić information content (AvgIpc) is 3.63. The van der Waals surface area contributed by atoms with E-state index in [9.17, 15) is 4.79 Å². The van der Waals surface area contributed by atoms with Gasteiger partial charge in [-0.3, -0.25) is 14.5 Å². The third-order valence-electron chi connectivity index (χ3n) is 7.11. The zero-order valence-corrected chi connectivity index (χ0v) is 21.2. The van der Waals surface area contributed by atoms with Gasteiger partial charge in [0.05, 0.1) is 24.8 Å². The molecule has 0 saturated heterocycles. The zero-order valence-electron chi connectivity index (χ0n) is 21.2. The van der Waals surface area contributed by atoms with Crippen LogP contribution in [-0.2, 0) is 17.9 Å². The first-order chi connectivity index (χ1) is 16.9. The minimum atomic E-state index is 0.0974. The Hall–Kier alpha value is -3.25. The van der Waals surface area contributed by atoms with Gasteiger partial charge in [0, 0.05) is 36.1 Å². The summed E-state index contributed by atoms with van der Waals surface area (Å²) in [5.41, 5.74) is 6.71. The fourth-order valence-corrected chi connectivity index (χ4v) is 5.02. The fraction of sp³-hybridized carbons (Fsp3) is 0.414. The lowest BCUT2D eigenvalue weighted by atomic mass is 9.95. The third kappa shape index (κ3) is 4.94. The van der Waals surface area contributed by atoms with E-state index < -0.39 is 0 Å². The highest BCUT2D eigenvalue weighted by atomic mass is 16.2. The lowest BCUT2D eigenvalue weighted by Crippen LogP contribution is -2.47. The van der Waals surface area contributed by atoms with E-state index >= 15 is 0 Å². The van der Waals surface area contributed by atoms with E-state index in [2.05, 4.69) is 57.6 Å². The van der Waals surface area contributed by atoms with Crippen LogP contribution in [0.3, 0.4) is 0 Å². The number of fused-ring (bicyclic) bond motifs is 1. The highest BCUT2D eigenvalue weighted by Crippen LogP contribution is 2.42. The molecule has 1 saturated carbocycles. The van der Waals surface area contributed by atoms with Gasteiger partial charge in [-0.2, -0.15) is 5.10 Å². The van der Waals surface area contributed by atoms with Gasteiger partial charge in [-0.1, -0.05) is 38.1 Å². The molecule has 3 aromatic rings. The first kappa shape index (κ1) is 23.5. The van der Waals surface area contributed by atoms with Gasteiger partial charge < -0.3 is 9.80 Å². The Kier molecular flexibility index (Phi) is 6.56. The Labute approximate surface area is 208 Å². The van der Waals surface area contributed by atoms with Crippen LogP contribution in [0.2, 0.25) is 0 Å². The van der Waals surface area contributed by atoms with E-state index in [0.29, 0.717) is 18.4 Å². The van der Waals surface area contributed by atoms with Crippen molar-refractivity contribution in [3.8, 4) is 22.4 Å². The average molecular weight is 470 g/mol. The quantitative estimate of drug-likeness (QED) is 0.458. The molecular weight excluding hydrogens is 434 g/mol. The second-order valence-electron chi connectivity index (χ2n) is 10.4. The molecule has 5 rings (SSSR count). The number of carbonyl (C=O) groups excluding carboxylic acids is 1. The molecule has 3 heterocycles. The van der Waals surface area contributed by atoms with Crippen LogP contribution in [0.5, 0.6) is 0 Å². The van der Waals surface area contributed by atoms with Crippen molar-refractivity contribution in [1.82, 2.24) is 24.6 Å². The topological polar surface area (TPSA) is 54.3 Å². The molecule has 1 atom stereocenters. The molecule has 182 valence electrons. The SMILES string of the molecule is CC(C)c1cccc(-c2nn3c(c2-c2ccncc2)CN(C(=O)/C=C/CN(C)C)[C@@H](C2CC2)C3)c1. The third-order valence-corrected chi connectivity index (χ3v) is 7.11. The molecule has 6 heteroatoms. The first-order valence-corrected chi connectivity index (χ1v) is 12.6. The van der Waals surface area contributed by atoms with Crippen LogP contribution in [0.4, 0.5) is 0 Å². The number of hydrogen-bond acceptors (Lipinski definition) is 4. The summed E-state index contributed by atoms with van der Waals surface area (Å²) in [7, 11) is 4.02. The van der Waals surface area contributed by atoms with Gasteiger partial charge in [0.2, 0.25) is 5.91 Å². The number of amides is 1. The summed E-state index contributed by atoms with van der Waals surface area (Å²) in [5.74, 6) is 1.11. The van der Waals surface area contributed by atoms with Crippen LogP contribution >= 0.6 is 0 Å². The van der Waals surface area contributed by atoms with Crippen molar-refractivity contribution in [1.29, 1.82) is 0 Å². The lowest BCUT2D eigenvalue weighted by Gasteiger charge is -2.36. The van der Waals surface area contributed by atoms with E-state index in [1.165, 1.54) is 18.4 Å². The Morgan fingerprint density at radius 1 is 1.14 bits per heavy atom. The van der Waals surface area contributed by atoms with Gasteiger partial charge in [0.15, 0.2) is 0 Å². The number of likely N-dealkylation sites (N-methyl/N-ethyl adjacent to an activating group) is 1. The molecule has 1 aromatic carbocycles. The van der Waals surface area contributed by atoms with Gasteiger partial charge in [-0.25, -0.2) is 0 Å². The van der Waals surface area contributed by atoms with Crippen molar-refractivity contribution in [3.05, 3.63) is 72.2 Å². The van der Waals surface area contributed by atoms with Gasteiger partial charge in [0.25, 0.3) is 0 Å². The van der Waals surface area contributed by atoms with E-state index in [0.717, 1.165) is 41.2 Å². The number of aromatic nitrogens is 3. The van der Waals surface area contributed by atoms with Gasteiger partial charge >= 0.3 is 0 Å². The van der Waals surface area contributed by atoms with E-state index in [-0.39, 0.29) is 11.9 Å². The lowest BCUT2D eigenvalue weighted by molar-refractivity contribution is -0.130. The molecule has 0 radical (unpaired) electrons. The Morgan fingerprint density at radius 2 is 1.91 bits per heavy atom. The largest absolute Gasteiger partial charge is 0.328 e. The second kappa shape index (κ2) is 9.78. The zero-order chi connectivity index (χ0) is 24.5. The number of carbonyl (C=O) groups is 1. The normalized spacial score (nSPS) is 18.0. The predicted molar refractivity (Wildman–Crippen MR) is 140 cm³/mol. The number of nitrogens with zero attached hydrogens (tertiary/aromatic N) is 5. The molecule has 1 aliphatic heterocycles. The predicted octanol–water partition coefficient (Wildman–Crippen LogP) is 4.97. The van der Waals surface area contributed by atoms with E-state index in [1.54, 1.807) is 6.08 Å². The summed E-state index contributed by atoms with van der Waals surface area (Å²) < 4.78 is 2.17. The number of benzene rings is 1. The van der Waals surface area contributed by atoms with Crippen molar-refractivity contribution >= 4 is 5.91 Å². The van der Waals surface area contributed by atoms with Crippen molar-refractivity contribution in [2.75, 3.05) is 20.6 Å². The highest BCUT2D eigenvalue weighted by Gasteiger charge is 2.41. The Balaban J connectivity index is 1.59. The molecule has 6 nitrogen and oxygen atoms in total. The van der Waals surface area contributed by atoms with E-state index in [1.807, 2.05) is 44.7 Å². The molecule has 0 unspecified atom stereocenters. The maximum absolute atomic E-state index is 13.4. The molecule has 2 aliphatic rings. The van der Waals surface area contributed by atoms with Crippen molar-refractivity contribution in [2.45, 2.75) is 51.7 Å². The van der Waals surface area contributed by atoms with E-state index in [4.69, 9.17) is 5.10 Å². The van der Waals surface area contributed by atoms with Gasteiger partial charge in [0.1, 0.15) is 5.69 Å². The summed E-state index contributed by atoms with van der Waals surface area (Å²) in [4.78, 5) is 21.7. The minimum Gasteiger partial charge on any atom is -0.328 e. The number of hydrogen-bond donors (Lipinski definition) is 0. The number of pyridine rings is 1. The molecule has 1 aliphatic carbocycles. The molecule has 0 bridgehead atoms. The van der Waals surface area contributed by atoms with Crippen LogP contribution in [-0.4, -0.2) is 57.2 Å². The maximum atomic E-state index is 13.4. The summed E-state index contributed by atoms with van der Waals surface area (Å²) in [6.07, 6.45) is 9.75. The van der Waals surface area contributed by atoms with Crippen LogP contribution in [0.1, 0.15) is 43.9 Å². The standard InChI is InChI=1S/C29H35N5O/c1-20(2)23-7-5-8-24(17-23)29-28(22-12-14-30-15-13-22)26-18-33(27(35)9-6-16-32(3)4)25(21-10-11-21)19-34(26)31-29/h5-9,12-15,17,20-21,25H,10-11,16,18-19H2,1-4H3/b9-6+/t25-/m1/s1. The molecule has 1 amide bonds. The summed E-state index contributed by atoms with van der Waals surface area (Å²) in [6.45, 7) is 6.50. The Morgan fingerprint density at radius 3 is 2.60 bits per heavy atom. The van der Waals surface area contributed by atoms with Crippen molar-refractivity contribution < 1.29 is 4.79 Å². The Bertz CT molecular complexity index is 1220. The molecule has 0 spiro atoms. The summed E-state index contributed by atoms with van der Waals surface area (Å²) in [6, 6.07) is 13.0. The number of rotatable bonds is 7. The van der Waals surface area contributed by atoms with Crippen LogP contribution < -0.4 is 0 Å². The highest BCUT2D eigenvalue weighted by molar-refractivity contribution is 5.89.